The average Bonchev–Trinajstić information content (AvgIpc) is 2.99. The summed E-state index contributed by atoms with van der Waals surface area (Å²) in [6, 6.07) is 7.14. The third-order valence-corrected chi connectivity index (χ3v) is 5.34. The summed E-state index contributed by atoms with van der Waals surface area (Å²) in [4.78, 5) is 27.0. The molecule has 0 radical (unpaired) electrons. The summed E-state index contributed by atoms with van der Waals surface area (Å²) < 4.78 is 21.2. The molecule has 7 nitrogen and oxygen atoms in total. The molecule has 2 aliphatic heterocycles. The molecule has 4 rings (SSSR count). The molecule has 2 aromatic rings. The maximum absolute atomic E-state index is 13.1. The molecule has 0 aliphatic carbocycles. The highest BCUT2D eigenvalue weighted by atomic mass is 19.1. The number of alkyl halides is 1. The fourth-order valence-corrected chi connectivity index (χ4v) is 3.75. The van der Waals surface area contributed by atoms with Crippen molar-refractivity contribution >= 4 is 5.91 Å². The largest absolute Gasteiger partial charge is 0.497 e. The molecule has 3 heterocycles. The van der Waals surface area contributed by atoms with Crippen LogP contribution in [-0.4, -0.2) is 51.5 Å². The quantitative estimate of drug-likeness (QED) is 0.792. The van der Waals surface area contributed by atoms with Crippen LogP contribution in [0.1, 0.15) is 30.3 Å². The van der Waals surface area contributed by atoms with Crippen LogP contribution in [0, 0.1) is 0 Å². The molecule has 0 unspecified atom stereocenters. The Morgan fingerprint density at radius 2 is 2.04 bits per heavy atom. The highest BCUT2D eigenvalue weighted by Gasteiger charge is 2.38. The van der Waals surface area contributed by atoms with Crippen LogP contribution < -0.4 is 10.4 Å². The van der Waals surface area contributed by atoms with E-state index in [4.69, 9.17) is 4.74 Å². The predicted octanol–water partition coefficient (Wildman–Crippen LogP) is 1.35. The van der Waals surface area contributed by atoms with Gasteiger partial charge < -0.3 is 9.64 Å². The van der Waals surface area contributed by atoms with Gasteiger partial charge in [-0.05, 0) is 37.0 Å². The Hall–Kier alpha value is -2.64. The number of ether oxygens (including phenoxy) is 1. The number of hydrogen-bond acceptors (Lipinski definition) is 4. The van der Waals surface area contributed by atoms with Crippen LogP contribution >= 0.6 is 0 Å². The van der Waals surface area contributed by atoms with Gasteiger partial charge >= 0.3 is 5.69 Å². The third kappa shape index (κ3) is 3.36. The molecule has 0 spiro atoms. The number of rotatable bonds is 5. The summed E-state index contributed by atoms with van der Waals surface area (Å²) in [5.41, 5.74) is 0.824. The van der Waals surface area contributed by atoms with Crippen LogP contribution in [-0.2, 0) is 24.2 Å². The minimum Gasteiger partial charge on any atom is -0.497 e. The van der Waals surface area contributed by atoms with Crippen LogP contribution in [0.15, 0.2) is 29.1 Å². The number of carbonyl (C=O) groups excluding carboxylic acids is 1. The summed E-state index contributed by atoms with van der Waals surface area (Å²) in [6.45, 7) is 0.707. The SMILES string of the molecule is COc1ccc(CCn2nc3n(c2=O)[C@H](C(=O)N2CC(F)C2)CCC3)cc1. The molecular formula is C19H23FN4O3. The minimum absolute atomic E-state index is 0.130. The van der Waals surface area contributed by atoms with Crippen molar-refractivity contribution in [3.8, 4) is 5.75 Å². The Labute approximate surface area is 156 Å². The predicted molar refractivity (Wildman–Crippen MR) is 96.6 cm³/mol. The molecule has 1 saturated heterocycles. The van der Waals surface area contributed by atoms with Crippen molar-refractivity contribution in [1.82, 2.24) is 19.2 Å². The maximum Gasteiger partial charge on any atom is 0.346 e. The highest BCUT2D eigenvalue weighted by molar-refractivity contribution is 5.81. The van der Waals surface area contributed by atoms with Crippen LogP contribution in [0.5, 0.6) is 5.75 Å². The minimum atomic E-state index is -0.944. The van der Waals surface area contributed by atoms with E-state index in [1.54, 1.807) is 7.11 Å². The van der Waals surface area contributed by atoms with Gasteiger partial charge in [-0.2, -0.15) is 5.10 Å². The molecule has 1 amide bonds. The molecule has 0 saturated carbocycles. The number of benzene rings is 1. The standard InChI is InChI=1S/C19H23FN4O3/c1-27-15-7-5-13(6-8-15)9-10-23-19(26)24-16(3-2-4-17(24)21-23)18(25)22-11-14(20)12-22/h5-8,14,16H,2-4,9-12H2,1H3/t16-/m0/s1. The smallest absolute Gasteiger partial charge is 0.346 e. The third-order valence-electron chi connectivity index (χ3n) is 5.34. The summed E-state index contributed by atoms with van der Waals surface area (Å²) >= 11 is 0. The molecular weight excluding hydrogens is 351 g/mol. The first-order chi connectivity index (χ1) is 13.1. The zero-order valence-corrected chi connectivity index (χ0v) is 15.3. The van der Waals surface area contributed by atoms with Gasteiger partial charge in [-0.3, -0.25) is 9.36 Å². The van der Waals surface area contributed by atoms with Gasteiger partial charge in [0.15, 0.2) is 0 Å². The fraction of sp³-hybridized carbons (Fsp3) is 0.526. The van der Waals surface area contributed by atoms with E-state index in [0.717, 1.165) is 17.7 Å². The number of hydrogen-bond donors (Lipinski definition) is 0. The maximum atomic E-state index is 13.1. The molecule has 8 heteroatoms. The van der Waals surface area contributed by atoms with Crippen LogP contribution in [0.25, 0.3) is 0 Å². The molecule has 1 aromatic carbocycles. The lowest BCUT2D eigenvalue weighted by atomic mass is 10.0. The van der Waals surface area contributed by atoms with Gasteiger partial charge in [0.1, 0.15) is 23.8 Å². The topological polar surface area (TPSA) is 69.4 Å². The first kappa shape index (κ1) is 17.8. The van der Waals surface area contributed by atoms with Crippen molar-refractivity contribution in [2.24, 2.45) is 0 Å². The van der Waals surface area contributed by atoms with Crippen molar-refractivity contribution in [3.63, 3.8) is 0 Å². The van der Waals surface area contributed by atoms with Crippen molar-refractivity contribution < 1.29 is 13.9 Å². The van der Waals surface area contributed by atoms with Gasteiger partial charge in [0.05, 0.1) is 26.7 Å². The number of likely N-dealkylation sites (tertiary alicyclic amines) is 1. The van der Waals surface area contributed by atoms with E-state index in [1.807, 2.05) is 24.3 Å². The average molecular weight is 374 g/mol. The first-order valence-electron chi connectivity index (χ1n) is 9.31. The number of carbonyl (C=O) groups is 1. The number of halogens is 1. The van der Waals surface area contributed by atoms with Crippen molar-refractivity contribution in [1.29, 1.82) is 0 Å². The van der Waals surface area contributed by atoms with Crippen LogP contribution in [0.4, 0.5) is 4.39 Å². The van der Waals surface area contributed by atoms with Gasteiger partial charge in [-0.1, -0.05) is 12.1 Å². The second-order valence-corrected chi connectivity index (χ2v) is 7.14. The molecule has 27 heavy (non-hydrogen) atoms. The van der Waals surface area contributed by atoms with Crippen LogP contribution in [0.3, 0.4) is 0 Å². The molecule has 0 N–H and O–H groups in total. The van der Waals surface area contributed by atoms with E-state index in [1.165, 1.54) is 14.1 Å². The van der Waals surface area contributed by atoms with Crippen molar-refractivity contribution in [2.45, 2.75) is 44.4 Å². The lowest BCUT2D eigenvalue weighted by Crippen LogP contribution is -2.54. The van der Waals surface area contributed by atoms with Gasteiger partial charge in [0.2, 0.25) is 5.91 Å². The molecule has 1 fully saturated rings. The van der Waals surface area contributed by atoms with E-state index in [9.17, 15) is 14.0 Å². The van der Waals surface area contributed by atoms with E-state index in [0.29, 0.717) is 31.6 Å². The van der Waals surface area contributed by atoms with Crippen LogP contribution in [0.2, 0.25) is 0 Å². The van der Waals surface area contributed by atoms with Gasteiger partial charge in [0.25, 0.3) is 0 Å². The van der Waals surface area contributed by atoms with Crippen molar-refractivity contribution in [2.75, 3.05) is 20.2 Å². The molecule has 2 aliphatic rings. The van der Waals surface area contributed by atoms with E-state index < -0.39 is 12.2 Å². The highest BCUT2D eigenvalue weighted by Crippen LogP contribution is 2.26. The van der Waals surface area contributed by atoms with Gasteiger partial charge in [-0.25, -0.2) is 13.9 Å². The Morgan fingerprint density at radius 1 is 1.30 bits per heavy atom. The Bertz CT molecular complexity index is 883. The number of methoxy groups -OCH3 is 1. The molecule has 0 bridgehead atoms. The summed E-state index contributed by atoms with van der Waals surface area (Å²) in [5.74, 6) is 1.27. The van der Waals surface area contributed by atoms with E-state index in [-0.39, 0.29) is 24.7 Å². The summed E-state index contributed by atoms with van der Waals surface area (Å²) in [6.07, 6.45) is 1.80. The van der Waals surface area contributed by atoms with Gasteiger partial charge in [-0.15, -0.1) is 0 Å². The Balaban J connectivity index is 1.50. The first-order valence-corrected chi connectivity index (χ1v) is 9.31. The number of fused-ring (bicyclic) bond motifs is 1. The lowest BCUT2D eigenvalue weighted by molar-refractivity contribution is -0.142. The zero-order chi connectivity index (χ0) is 19.0. The number of nitrogens with zero attached hydrogens (tertiary/aromatic N) is 4. The molecule has 1 atom stereocenters. The summed E-state index contributed by atoms with van der Waals surface area (Å²) in [5, 5.41) is 4.45. The number of amides is 1. The Kier molecular flexibility index (Phi) is 4.72. The zero-order valence-electron chi connectivity index (χ0n) is 15.3. The second-order valence-electron chi connectivity index (χ2n) is 7.14. The fourth-order valence-electron chi connectivity index (χ4n) is 3.75. The van der Waals surface area contributed by atoms with Gasteiger partial charge in [0, 0.05) is 6.42 Å². The Morgan fingerprint density at radius 3 is 2.70 bits per heavy atom. The monoisotopic (exact) mass is 374 g/mol. The van der Waals surface area contributed by atoms with E-state index >= 15 is 0 Å². The molecule has 144 valence electrons. The van der Waals surface area contributed by atoms with Crippen molar-refractivity contribution in [3.05, 3.63) is 46.1 Å². The molecule has 1 aromatic heterocycles. The second kappa shape index (κ2) is 7.17. The van der Waals surface area contributed by atoms with E-state index in [2.05, 4.69) is 5.10 Å². The lowest BCUT2D eigenvalue weighted by Gasteiger charge is -2.37. The summed E-state index contributed by atoms with van der Waals surface area (Å²) in [7, 11) is 1.62. The number of aromatic nitrogens is 3. The normalized spacial score (nSPS) is 19.5. The number of aryl methyl sites for hydroxylation is 3.